The van der Waals surface area contributed by atoms with Crippen LogP contribution >= 0.6 is 11.3 Å². The number of carbonyl (C=O) groups is 2. The molecule has 2 amide bonds. The molecule has 0 unspecified atom stereocenters. The third-order valence-corrected chi connectivity index (χ3v) is 7.31. The average Bonchev–Trinajstić information content (AvgIpc) is 3.18. The van der Waals surface area contributed by atoms with E-state index in [0.29, 0.717) is 19.5 Å². The van der Waals surface area contributed by atoms with E-state index in [1.165, 1.54) is 0 Å². The lowest BCUT2D eigenvalue weighted by Gasteiger charge is -2.53. The van der Waals surface area contributed by atoms with E-state index in [1.54, 1.807) is 11.3 Å². The molecule has 0 aromatic carbocycles. The van der Waals surface area contributed by atoms with Gasteiger partial charge in [0.2, 0.25) is 5.91 Å². The Kier molecular flexibility index (Phi) is 6.58. The van der Waals surface area contributed by atoms with Crippen LogP contribution in [-0.4, -0.2) is 36.7 Å². The summed E-state index contributed by atoms with van der Waals surface area (Å²) in [6.07, 6.45) is 6.76. The lowest BCUT2D eigenvalue weighted by Crippen LogP contribution is -2.53. The lowest BCUT2D eigenvalue weighted by molar-refractivity contribution is -0.123. The first-order valence-corrected chi connectivity index (χ1v) is 11.6. The van der Waals surface area contributed by atoms with Gasteiger partial charge < -0.3 is 21.1 Å². The first-order chi connectivity index (χ1) is 13.6. The molecular formula is C22H35N3O3S. The molecule has 7 heteroatoms. The SMILES string of the molecule is CC(C)(C)OC(=O)NCC12CCC(CNC(=O)[C@@H](N)Cc3ccsc3)(CC1)CC2. The molecule has 29 heavy (non-hydrogen) atoms. The molecule has 0 spiro atoms. The first kappa shape index (κ1) is 22.1. The summed E-state index contributed by atoms with van der Waals surface area (Å²) in [7, 11) is 0. The normalized spacial score (nSPS) is 27.3. The maximum Gasteiger partial charge on any atom is 0.407 e. The molecule has 0 aliphatic heterocycles. The summed E-state index contributed by atoms with van der Waals surface area (Å²) in [5.74, 6) is -0.0559. The highest BCUT2D eigenvalue weighted by molar-refractivity contribution is 7.07. The zero-order valence-corrected chi connectivity index (χ0v) is 18.7. The van der Waals surface area contributed by atoms with Crippen LogP contribution in [0, 0.1) is 10.8 Å². The quantitative estimate of drug-likeness (QED) is 0.627. The summed E-state index contributed by atoms with van der Waals surface area (Å²) >= 11 is 1.62. The van der Waals surface area contributed by atoms with E-state index in [2.05, 4.69) is 10.6 Å². The molecule has 2 bridgehead atoms. The van der Waals surface area contributed by atoms with Crippen LogP contribution in [0.4, 0.5) is 4.79 Å². The van der Waals surface area contributed by atoms with Crippen molar-refractivity contribution in [2.24, 2.45) is 16.6 Å². The number of ether oxygens (including phenoxy) is 1. The maximum absolute atomic E-state index is 12.4. The first-order valence-electron chi connectivity index (χ1n) is 10.6. The standard InChI is InChI=1S/C22H35N3O3S/c1-20(2,3)28-19(27)25-15-22-8-5-21(6-9-22,7-10-22)14-24-18(26)17(23)12-16-4-11-29-13-16/h4,11,13,17H,5-10,12,14-15,23H2,1-3H3,(H,24,26)(H,25,27)/t17-,21?,22?/m0/s1. The summed E-state index contributed by atoms with van der Waals surface area (Å²) in [4.78, 5) is 24.4. The van der Waals surface area contributed by atoms with Crippen molar-refractivity contribution < 1.29 is 14.3 Å². The fourth-order valence-electron chi connectivity index (χ4n) is 4.61. The Bertz CT molecular complexity index is 687. The molecule has 1 aromatic rings. The van der Waals surface area contributed by atoms with Crippen molar-refractivity contribution in [1.29, 1.82) is 0 Å². The summed E-state index contributed by atoms with van der Waals surface area (Å²) in [5.41, 5.74) is 7.10. The molecule has 1 atom stereocenters. The molecule has 3 fully saturated rings. The van der Waals surface area contributed by atoms with Gasteiger partial charge in [-0.05, 0) is 98.9 Å². The van der Waals surface area contributed by atoms with E-state index >= 15 is 0 Å². The highest BCUT2D eigenvalue weighted by Gasteiger charge is 2.48. The zero-order valence-electron chi connectivity index (χ0n) is 17.9. The number of thiophene rings is 1. The number of hydrogen-bond acceptors (Lipinski definition) is 5. The molecule has 1 heterocycles. The van der Waals surface area contributed by atoms with Gasteiger partial charge >= 0.3 is 6.09 Å². The van der Waals surface area contributed by atoms with E-state index in [4.69, 9.17) is 10.5 Å². The van der Waals surface area contributed by atoms with Gasteiger partial charge in [-0.2, -0.15) is 11.3 Å². The third-order valence-electron chi connectivity index (χ3n) is 6.57. The number of hydrogen-bond donors (Lipinski definition) is 3. The van der Waals surface area contributed by atoms with Gasteiger partial charge in [-0.3, -0.25) is 4.79 Å². The van der Waals surface area contributed by atoms with Gasteiger partial charge in [0.1, 0.15) is 5.60 Å². The van der Waals surface area contributed by atoms with Gasteiger partial charge in [-0.15, -0.1) is 0 Å². The van der Waals surface area contributed by atoms with Crippen LogP contribution in [0.5, 0.6) is 0 Å². The van der Waals surface area contributed by atoms with Crippen molar-refractivity contribution in [3.63, 3.8) is 0 Å². The summed E-state index contributed by atoms with van der Waals surface area (Å²) in [6, 6.07) is 1.52. The van der Waals surface area contributed by atoms with Crippen LogP contribution in [0.15, 0.2) is 16.8 Å². The highest BCUT2D eigenvalue weighted by Crippen LogP contribution is 2.56. The molecule has 4 N–H and O–H groups in total. The van der Waals surface area contributed by atoms with Gasteiger partial charge in [0.05, 0.1) is 6.04 Å². The molecule has 6 nitrogen and oxygen atoms in total. The number of carbonyl (C=O) groups excluding carboxylic acids is 2. The predicted molar refractivity (Wildman–Crippen MR) is 116 cm³/mol. The van der Waals surface area contributed by atoms with Gasteiger partial charge in [0, 0.05) is 13.1 Å². The number of amides is 2. The fraction of sp³-hybridized carbons (Fsp3) is 0.727. The molecule has 3 aliphatic rings. The van der Waals surface area contributed by atoms with Crippen molar-refractivity contribution in [2.45, 2.75) is 77.4 Å². The smallest absolute Gasteiger partial charge is 0.407 e. The Balaban J connectivity index is 1.43. The number of nitrogens with two attached hydrogens (primary N) is 1. The summed E-state index contributed by atoms with van der Waals surface area (Å²) in [6.45, 7) is 7.01. The Morgan fingerprint density at radius 3 is 2.14 bits per heavy atom. The number of rotatable bonds is 7. The second-order valence-corrected chi connectivity index (χ2v) is 10.8. The van der Waals surface area contributed by atoms with Crippen LogP contribution in [0.3, 0.4) is 0 Å². The van der Waals surface area contributed by atoms with E-state index in [-0.39, 0.29) is 22.8 Å². The van der Waals surface area contributed by atoms with Crippen molar-refractivity contribution in [3.05, 3.63) is 22.4 Å². The van der Waals surface area contributed by atoms with Gasteiger partial charge in [-0.1, -0.05) is 0 Å². The maximum atomic E-state index is 12.4. The van der Waals surface area contributed by atoms with E-state index in [1.807, 2.05) is 37.6 Å². The minimum Gasteiger partial charge on any atom is -0.444 e. The predicted octanol–water partition coefficient (Wildman–Crippen LogP) is 3.60. The van der Waals surface area contributed by atoms with E-state index in [0.717, 1.165) is 44.1 Å². The number of nitrogens with one attached hydrogen (secondary N) is 2. The van der Waals surface area contributed by atoms with Crippen LogP contribution in [0.2, 0.25) is 0 Å². The molecule has 0 radical (unpaired) electrons. The van der Waals surface area contributed by atoms with Crippen LogP contribution in [0.25, 0.3) is 0 Å². The van der Waals surface area contributed by atoms with Gasteiger partial charge in [0.15, 0.2) is 0 Å². The summed E-state index contributed by atoms with van der Waals surface area (Å²) in [5, 5.41) is 10.1. The minimum atomic E-state index is -0.495. The monoisotopic (exact) mass is 421 g/mol. The second kappa shape index (κ2) is 8.64. The Labute approximate surface area is 178 Å². The van der Waals surface area contributed by atoms with Gasteiger partial charge in [-0.25, -0.2) is 4.79 Å². The van der Waals surface area contributed by atoms with Crippen molar-refractivity contribution in [2.75, 3.05) is 13.1 Å². The topological polar surface area (TPSA) is 93.5 Å². The summed E-state index contributed by atoms with van der Waals surface area (Å²) < 4.78 is 5.37. The number of alkyl carbamates (subject to hydrolysis) is 1. The van der Waals surface area contributed by atoms with Crippen molar-refractivity contribution in [1.82, 2.24) is 10.6 Å². The lowest BCUT2D eigenvalue weighted by atomic mass is 9.53. The van der Waals surface area contributed by atoms with E-state index < -0.39 is 11.6 Å². The molecule has 4 rings (SSSR count). The molecule has 162 valence electrons. The molecule has 1 aromatic heterocycles. The van der Waals surface area contributed by atoms with Crippen molar-refractivity contribution in [3.8, 4) is 0 Å². The second-order valence-electron chi connectivity index (χ2n) is 10.0. The molecular weight excluding hydrogens is 386 g/mol. The average molecular weight is 422 g/mol. The van der Waals surface area contributed by atoms with E-state index in [9.17, 15) is 9.59 Å². The Morgan fingerprint density at radius 2 is 1.66 bits per heavy atom. The third kappa shape index (κ3) is 5.95. The molecule has 3 aliphatic carbocycles. The Morgan fingerprint density at radius 1 is 1.10 bits per heavy atom. The van der Waals surface area contributed by atoms with Crippen LogP contribution < -0.4 is 16.4 Å². The van der Waals surface area contributed by atoms with Gasteiger partial charge in [0.25, 0.3) is 0 Å². The van der Waals surface area contributed by atoms with Crippen LogP contribution in [0.1, 0.15) is 64.9 Å². The molecule has 3 saturated carbocycles. The largest absolute Gasteiger partial charge is 0.444 e. The Hall–Kier alpha value is -1.60. The molecule has 0 saturated heterocycles. The van der Waals surface area contributed by atoms with Crippen molar-refractivity contribution >= 4 is 23.3 Å². The van der Waals surface area contributed by atoms with Crippen LogP contribution in [-0.2, 0) is 16.0 Å². The highest BCUT2D eigenvalue weighted by atomic mass is 32.1. The zero-order chi connectivity index (χ0) is 21.1. The minimum absolute atomic E-state index is 0.0559. The number of fused-ring (bicyclic) bond motifs is 3. The fourth-order valence-corrected chi connectivity index (χ4v) is 5.29.